The minimum absolute atomic E-state index is 0.0321. The first-order valence-corrected chi connectivity index (χ1v) is 10.1. The fourth-order valence-corrected chi connectivity index (χ4v) is 3.51. The van der Waals surface area contributed by atoms with Crippen molar-refractivity contribution in [2.75, 3.05) is 32.7 Å². The Morgan fingerprint density at radius 3 is 2.45 bits per heavy atom. The van der Waals surface area contributed by atoms with Gasteiger partial charge in [0.1, 0.15) is 0 Å². The second kappa shape index (κ2) is 9.07. The first kappa shape index (κ1) is 19.4. The SMILES string of the molecule is O=C(c1cnn(-c2ccc(Cl)cc2)c1)N1CCN(C/C=C/c2ccccc2)CC1. The van der Waals surface area contributed by atoms with Crippen molar-refractivity contribution in [1.29, 1.82) is 0 Å². The molecule has 6 heteroatoms. The summed E-state index contributed by atoms with van der Waals surface area (Å²) >= 11 is 5.93. The Bertz CT molecular complexity index is 974. The van der Waals surface area contributed by atoms with Gasteiger partial charge in [-0.15, -0.1) is 0 Å². The molecule has 1 fully saturated rings. The molecule has 1 aliphatic rings. The standard InChI is InChI=1S/C23H23ClN4O/c24-21-8-10-22(11-9-21)28-18-20(17-25-28)23(29)27-15-13-26(14-16-27)12-4-7-19-5-2-1-3-6-19/h1-11,17-18H,12-16H2/b7-4+. The Hall–Kier alpha value is -2.89. The molecule has 2 heterocycles. The molecule has 0 saturated carbocycles. The zero-order chi connectivity index (χ0) is 20.1. The molecule has 2 aromatic carbocycles. The molecule has 1 aromatic heterocycles. The Morgan fingerprint density at radius 1 is 1.00 bits per heavy atom. The molecule has 0 spiro atoms. The molecule has 0 unspecified atom stereocenters. The maximum Gasteiger partial charge on any atom is 0.257 e. The molecule has 3 aromatic rings. The predicted molar refractivity (Wildman–Crippen MR) is 116 cm³/mol. The summed E-state index contributed by atoms with van der Waals surface area (Å²) in [5.41, 5.74) is 2.69. The molecule has 148 valence electrons. The number of benzene rings is 2. The van der Waals surface area contributed by atoms with Crippen molar-refractivity contribution < 1.29 is 4.79 Å². The third-order valence-electron chi connectivity index (χ3n) is 5.05. The van der Waals surface area contributed by atoms with Crippen LogP contribution >= 0.6 is 11.6 Å². The zero-order valence-electron chi connectivity index (χ0n) is 16.1. The molecule has 29 heavy (non-hydrogen) atoms. The van der Waals surface area contributed by atoms with Crippen LogP contribution in [0.2, 0.25) is 5.02 Å². The molecule has 0 N–H and O–H groups in total. The van der Waals surface area contributed by atoms with Gasteiger partial charge >= 0.3 is 0 Å². The highest BCUT2D eigenvalue weighted by atomic mass is 35.5. The van der Waals surface area contributed by atoms with Crippen molar-refractivity contribution in [3.05, 3.63) is 89.2 Å². The van der Waals surface area contributed by atoms with Gasteiger partial charge in [-0.3, -0.25) is 9.69 Å². The lowest BCUT2D eigenvalue weighted by atomic mass is 10.2. The molecule has 1 saturated heterocycles. The van der Waals surface area contributed by atoms with Crippen LogP contribution in [0.5, 0.6) is 0 Å². The number of piperazine rings is 1. The van der Waals surface area contributed by atoms with Gasteiger partial charge in [0, 0.05) is 43.9 Å². The van der Waals surface area contributed by atoms with E-state index in [2.05, 4.69) is 34.3 Å². The van der Waals surface area contributed by atoms with Gasteiger partial charge in [0.25, 0.3) is 5.91 Å². The summed E-state index contributed by atoms with van der Waals surface area (Å²) in [6, 6.07) is 17.7. The summed E-state index contributed by atoms with van der Waals surface area (Å²) in [4.78, 5) is 17.1. The van der Waals surface area contributed by atoms with Crippen LogP contribution in [0.4, 0.5) is 0 Å². The van der Waals surface area contributed by atoms with Gasteiger partial charge in [-0.1, -0.05) is 54.1 Å². The van der Waals surface area contributed by atoms with Gasteiger partial charge in [-0.05, 0) is 29.8 Å². The fraction of sp³-hybridized carbons (Fsp3) is 0.217. The van der Waals surface area contributed by atoms with Gasteiger partial charge in [0.2, 0.25) is 0 Å². The molecule has 0 atom stereocenters. The van der Waals surface area contributed by atoms with Gasteiger partial charge in [0.15, 0.2) is 0 Å². The van der Waals surface area contributed by atoms with Gasteiger partial charge in [0.05, 0.1) is 17.4 Å². The lowest BCUT2D eigenvalue weighted by molar-refractivity contribution is 0.0650. The number of carbonyl (C=O) groups excluding carboxylic acids is 1. The van der Waals surface area contributed by atoms with E-state index in [1.54, 1.807) is 17.1 Å². The highest BCUT2D eigenvalue weighted by Gasteiger charge is 2.22. The summed E-state index contributed by atoms with van der Waals surface area (Å²) in [5.74, 6) is 0.0321. The minimum Gasteiger partial charge on any atom is -0.336 e. The third-order valence-corrected chi connectivity index (χ3v) is 5.31. The number of aromatic nitrogens is 2. The Kier molecular flexibility index (Phi) is 6.08. The van der Waals surface area contributed by atoms with E-state index in [1.165, 1.54) is 5.56 Å². The summed E-state index contributed by atoms with van der Waals surface area (Å²) in [6.45, 7) is 4.09. The molecule has 0 aliphatic carbocycles. The minimum atomic E-state index is 0.0321. The zero-order valence-corrected chi connectivity index (χ0v) is 16.9. The van der Waals surface area contributed by atoms with E-state index in [0.29, 0.717) is 10.6 Å². The molecule has 1 amide bonds. The van der Waals surface area contributed by atoms with Crippen molar-refractivity contribution in [1.82, 2.24) is 19.6 Å². The normalized spacial score (nSPS) is 15.1. The second-order valence-electron chi connectivity index (χ2n) is 7.06. The molecule has 0 radical (unpaired) electrons. The summed E-state index contributed by atoms with van der Waals surface area (Å²) in [6.07, 6.45) is 7.73. The number of nitrogens with zero attached hydrogens (tertiary/aromatic N) is 4. The predicted octanol–water partition coefficient (Wildman–Crippen LogP) is 4.00. The van der Waals surface area contributed by atoms with Crippen LogP contribution in [-0.2, 0) is 0 Å². The van der Waals surface area contributed by atoms with E-state index in [-0.39, 0.29) is 5.91 Å². The molecular formula is C23H23ClN4O. The average Bonchev–Trinajstić information content (AvgIpc) is 3.25. The monoisotopic (exact) mass is 406 g/mol. The van der Waals surface area contributed by atoms with E-state index in [1.807, 2.05) is 47.4 Å². The largest absolute Gasteiger partial charge is 0.336 e. The topological polar surface area (TPSA) is 41.4 Å². The Balaban J connectivity index is 1.30. The van der Waals surface area contributed by atoms with E-state index < -0.39 is 0 Å². The van der Waals surface area contributed by atoms with E-state index in [0.717, 1.165) is 38.4 Å². The van der Waals surface area contributed by atoms with Crippen LogP contribution in [0.25, 0.3) is 11.8 Å². The van der Waals surface area contributed by atoms with Crippen molar-refractivity contribution in [3.63, 3.8) is 0 Å². The molecule has 4 rings (SSSR count). The van der Waals surface area contributed by atoms with E-state index in [9.17, 15) is 4.79 Å². The van der Waals surface area contributed by atoms with Crippen molar-refractivity contribution >= 4 is 23.6 Å². The number of halogens is 1. The second-order valence-corrected chi connectivity index (χ2v) is 7.49. The fourth-order valence-electron chi connectivity index (χ4n) is 3.39. The van der Waals surface area contributed by atoms with Crippen molar-refractivity contribution in [2.45, 2.75) is 0 Å². The summed E-state index contributed by atoms with van der Waals surface area (Å²) in [7, 11) is 0. The van der Waals surface area contributed by atoms with Gasteiger partial charge in [-0.2, -0.15) is 5.10 Å². The number of rotatable bonds is 5. The molecule has 5 nitrogen and oxygen atoms in total. The van der Waals surface area contributed by atoms with Gasteiger partial charge < -0.3 is 4.90 Å². The van der Waals surface area contributed by atoms with Crippen LogP contribution < -0.4 is 0 Å². The molecular weight excluding hydrogens is 384 g/mol. The number of carbonyl (C=O) groups is 1. The van der Waals surface area contributed by atoms with Crippen molar-refractivity contribution in [2.24, 2.45) is 0 Å². The Labute approximate surface area is 175 Å². The maximum absolute atomic E-state index is 12.8. The number of hydrogen-bond acceptors (Lipinski definition) is 3. The number of amides is 1. The highest BCUT2D eigenvalue weighted by molar-refractivity contribution is 6.30. The lowest BCUT2D eigenvalue weighted by Crippen LogP contribution is -2.48. The summed E-state index contributed by atoms with van der Waals surface area (Å²) in [5, 5.41) is 5.00. The molecule has 0 bridgehead atoms. The molecule has 1 aliphatic heterocycles. The maximum atomic E-state index is 12.8. The van der Waals surface area contributed by atoms with Crippen LogP contribution in [0, 0.1) is 0 Å². The van der Waals surface area contributed by atoms with E-state index in [4.69, 9.17) is 11.6 Å². The summed E-state index contributed by atoms with van der Waals surface area (Å²) < 4.78 is 1.70. The Morgan fingerprint density at radius 2 is 1.72 bits per heavy atom. The number of hydrogen-bond donors (Lipinski definition) is 0. The first-order valence-electron chi connectivity index (χ1n) is 9.73. The highest BCUT2D eigenvalue weighted by Crippen LogP contribution is 2.15. The first-order chi connectivity index (χ1) is 14.2. The van der Waals surface area contributed by atoms with Crippen LogP contribution in [0.15, 0.2) is 73.1 Å². The third kappa shape index (κ3) is 4.94. The van der Waals surface area contributed by atoms with Crippen LogP contribution in [0.1, 0.15) is 15.9 Å². The van der Waals surface area contributed by atoms with Crippen LogP contribution in [-0.4, -0.2) is 58.2 Å². The van der Waals surface area contributed by atoms with E-state index >= 15 is 0 Å². The lowest BCUT2D eigenvalue weighted by Gasteiger charge is -2.34. The average molecular weight is 407 g/mol. The quantitative estimate of drug-likeness (QED) is 0.643. The smallest absolute Gasteiger partial charge is 0.257 e. The van der Waals surface area contributed by atoms with Gasteiger partial charge in [-0.25, -0.2) is 4.68 Å². The van der Waals surface area contributed by atoms with Crippen LogP contribution in [0.3, 0.4) is 0 Å². The van der Waals surface area contributed by atoms with Crippen molar-refractivity contribution in [3.8, 4) is 5.69 Å².